The van der Waals surface area contributed by atoms with E-state index in [1.165, 1.54) is 0 Å². The van der Waals surface area contributed by atoms with Crippen molar-refractivity contribution < 1.29 is 14.5 Å². The third-order valence-corrected chi connectivity index (χ3v) is 9.60. The van der Waals surface area contributed by atoms with E-state index in [0.29, 0.717) is 45.5 Å². The Kier molecular flexibility index (Phi) is 5.91. The third-order valence-electron chi connectivity index (χ3n) is 6.28. The van der Waals surface area contributed by atoms with Crippen LogP contribution < -0.4 is 10.6 Å². The lowest BCUT2D eigenvalue weighted by Gasteiger charge is -2.29. The van der Waals surface area contributed by atoms with E-state index in [1.807, 2.05) is 109 Å². The predicted octanol–water partition coefficient (Wildman–Crippen LogP) is 5.82. The smallest absolute Gasteiger partial charge is 0.194 e. The summed E-state index contributed by atoms with van der Waals surface area (Å²) in [5.74, 6) is -0.241. The van der Waals surface area contributed by atoms with E-state index in [4.69, 9.17) is 0 Å². The molecule has 0 radical (unpaired) electrons. The maximum absolute atomic E-state index is 15.4. The first-order valence-corrected chi connectivity index (χ1v) is 13.1. The van der Waals surface area contributed by atoms with Crippen molar-refractivity contribution in [1.82, 2.24) is 0 Å². The van der Waals surface area contributed by atoms with Gasteiger partial charge in [-0.05, 0) is 18.4 Å². The molecule has 0 spiro atoms. The van der Waals surface area contributed by atoms with E-state index in [9.17, 15) is 9.90 Å². The topological polar surface area (TPSA) is 54.4 Å². The molecule has 1 fully saturated rings. The number of allylic oxidation sites excluding steroid dienone is 1. The van der Waals surface area contributed by atoms with E-state index < -0.39 is 12.7 Å². The van der Waals surface area contributed by atoms with Gasteiger partial charge >= 0.3 is 0 Å². The van der Waals surface area contributed by atoms with Crippen molar-refractivity contribution in [3.8, 4) is 0 Å². The molecule has 0 saturated heterocycles. The van der Waals surface area contributed by atoms with Gasteiger partial charge in [0, 0.05) is 27.1 Å². The summed E-state index contributed by atoms with van der Waals surface area (Å²) in [6, 6.07) is 36.8. The standard InChI is InChI=1S/C30H25O3P/c31-28(24-15-7-2-8-16-24)27(23-13-5-1-6-14-23)29(30(32)21-22-30)34(33,25-17-9-3-10-18-25)26-19-11-4-12-20-26/h1-20,32H,21-22H2/b29-27+. The van der Waals surface area contributed by atoms with Crippen LogP contribution in [-0.4, -0.2) is 16.5 Å². The normalized spacial score (nSPS) is 15.3. The first-order valence-electron chi connectivity index (χ1n) is 11.4. The maximum atomic E-state index is 15.4. The lowest BCUT2D eigenvalue weighted by molar-refractivity contribution is 0.105. The fourth-order valence-electron chi connectivity index (χ4n) is 4.44. The number of rotatable bonds is 7. The average Bonchev–Trinajstić information content (AvgIpc) is 3.66. The summed E-state index contributed by atoms with van der Waals surface area (Å²) >= 11 is 0. The highest BCUT2D eigenvalue weighted by molar-refractivity contribution is 7.82. The van der Waals surface area contributed by atoms with Gasteiger partial charge in [0.25, 0.3) is 0 Å². The number of aliphatic hydroxyl groups is 1. The van der Waals surface area contributed by atoms with Crippen LogP contribution in [0.3, 0.4) is 0 Å². The van der Waals surface area contributed by atoms with Gasteiger partial charge in [0.15, 0.2) is 12.9 Å². The molecule has 0 amide bonds. The molecule has 0 heterocycles. The van der Waals surface area contributed by atoms with Crippen LogP contribution in [-0.2, 0) is 4.57 Å². The summed E-state index contributed by atoms with van der Waals surface area (Å²) in [5.41, 5.74) is 0.161. The van der Waals surface area contributed by atoms with Crippen molar-refractivity contribution in [3.05, 3.63) is 138 Å². The fourth-order valence-corrected chi connectivity index (χ4v) is 7.79. The minimum atomic E-state index is -3.58. The molecule has 4 aromatic carbocycles. The number of Topliss-reactive ketones (excluding diaryl/α,β-unsaturated/α-hetero) is 1. The van der Waals surface area contributed by atoms with Crippen molar-refractivity contribution in [3.63, 3.8) is 0 Å². The Hall–Kier alpha value is -3.52. The molecular formula is C30H25O3P. The molecule has 0 atom stereocenters. The number of hydrogen-bond acceptors (Lipinski definition) is 3. The van der Waals surface area contributed by atoms with Crippen molar-refractivity contribution >= 4 is 29.1 Å². The molecule has 0 unspecified atom stereocenters. The highest BCUT2D eigenvalue weighted by atomic mass is 31.2. The van der Waals surface area contributed by atoms with Gasteiger partial charge in [-0.3, -0.25) is 4.79 Å². The molecule has 0 bridgehead atoms. The minimum absolute atomic E-state index is 0.241. The zero-order valence-corrected chi connectivity index (χ0v) is 19.6. The second-order valence-electron chi connectivity index (χ2n) is 8.60. The molecule has 4 heteroatoms. The van der Waals surface area contributed by atoms with Gasteiger partial charge in [-0.25, -0.2) is 0 Å². The number of hydrogen-bond donors (Lipinski definition) is 1. The van der Waals surface area contributed by atoms with E-state index >= 15 is 4.57 Å². The highest BCUT2D eigenvalue weighted by Crippen LogP contribution is 2.64. The van der Waals surface area contributed by atoms with Crippen molar-refractivity contribution in [2.75, 3.05) is 0 Å². The number of carbonyl (C=O) groups excluding carboxylic acids is 1. The Labute approximate surface area is 199 Å². The van der Waals surface area contributed by atoms with Crippen LogP contribution in [0.25, 0.3) is 5.57 Å². The van der Waals surface area contributed by atoms with E-state index in [1.54, 1.807) is 12.1 Å². The monoisotopic (exact) mass is 464 g/mol. The minimum Gasteiger partial charge on any atom is -0.385 e. The summed E-state index contributed by atoms with van der Waals surface area (Å²) in [5, 5.41) is 13.2. The third kappa shape index (κ3) is 3.98. The summed E-state index contributed by atoms with van der Waals surface area (Å²) in [6.07, 6.45) is 0.925. The number of ketones is 1. The molecular weight excluding hydrogens is 439 g/mol. The van der Waals surface area contributed by atoms with Crippen molar-refractivity contribution in [2.45, 2.75) is 18.4 Å². The molecule has 1 aliphatic rings. The van der Waals surface area contributed by atoms with Crippen LogP contribution in [0.5, 0.6) is 0 Å². The molecule has 168 valence electrons. The Morgan fingerprint density at radius 1 is 0.618 bits per heavy atom. The fraction of sp³-hybridized carbons (Fsp3) is 0.100. The van der Waals surface area contributed by atoms with Gasteiger partial charge in [-0.15, -0.1) is 0 Å². The summed E-state index contributed by atoms with van der Waals surface area (Å²) in [6.45, 7) is 0. The molecule has 3 nitrogen and oxygen atoms in total. The van der Waals surface area contributed by atoms with Gasteiger partial charge in [-0.2, -0.15) is 0 Å². The van der Waals surface area contributed by atoms with Crippen LogP contribution in [0, 0.1) is 0 Å². The molecule has 1 saturated carbocycles. The zero-order chi connectivity index (χ0) is 23.6. The molecule has 0 aromatic heterocycles. The lowest BCUT2D eigenvalue weighted by Crippen LogP contribution is -2.27. The second-order valence-corrected chi connectivity index (χ2v) is 11.3. The summed E-state index contributed by atoms with van der Waals surface area (Å²) < 4.78 is 15.4. The van der Waals surface area contributed by atoms with Crippen LogP contribution in [0.4, 0.5) is 0 Å². The van der Waals surface area contributed by atoms with Crippen molar-refractivity contribution in [2.24, 2.45) is 0 Å². The van der Waals surface area contributed by atoms with Gasteiger partial charge in [0.2, 0.25) is 0 Å². The molecule has 1 N–H and O–H groups in total. The largest absolute Gasteiger partial charge is 0.385 e. The summed E-state index contributed by atoms with van der Waals surface area (Å²) in [4.78, 5) is 14.1. The molecule has 4 aromatic rings. The first kappa shape index (κ1) is 22.3. The second kappa shape index (κ2) is 9.02. The highest BCUT2D eigenvalue weighted by Gasteiger charge is 2.54. The quantitative estimate of drug-likeness (QED) is 0.213. The number of benzene rings is 4. The maximum Gasteiger partial charge on any atom is 0.194 e. The number of carbonyl (C=O) groups is 1. The van der Waals surface area contributed by atoms with Gasteiger partial charge < -0.3 is 9.67 Å². The van der Waals surface area contributed by atoms with Crippen LogP contribution in [0.15, 0.2) is 127 Å². The van der Waals surface area contributed by atoms with Gasteiger partial charge in [-0.1, -0.05) is 121 Å². The van der Waals surface area contributed by atoms with E-state index in [0.717, 1.165) is 0 Å². The Morgan fingerprint density at radius 3 is 1.41 bits per heavy atom. The Morgan fingerprint density at radius 2 is 1.00 bits per heavy atom. The zero-order valence-electron chi connectivity index (χ0n) is 18.7. The van der Waals surface area contributed by atoms with E-state index in [2.05, 4.69) is 0 Å². The van der Waals surface area contributed by atoms with Crippen LogP contribution in [0.1, 0.15) is 28.8 Å². The van der Waals surface area contributed by atoms with Gasteiger partial charge in [0.1, 0.15) is 0 Å². The van der Waals surface area contributed by atoms with Gasteiger partial charge in [0.05, 0.1) is 5.60 Å². The Balaban J connectivity index is 1.91. The summed E-state index contributed by atoms with van der Waals surface area (Å²) in [7, 11) is -3.58. The van der Waals surface area contributed by atoms with Crippen LogP contribution in [0.2, 0.25) is 0 Å². The van der Waals surface area contributed by atoms with E-state index in [-0.39, 0.29) is 5.78 Å². The first-order chi connectivity index (χ1) is 16.5. The lowest BCUT2D eigenvalue weighted by atomic mass is 9.94. The average molecular weight is 465 g/mol. The SMILES string of the molecule is O=C(/C(=C(\C1(O)CC1)P(=O)(c1ccccc1)c1ccccc1)c1ccccc1)c1ccccc1. The molecule has 1 aliphatic carbocycles. The molecule has 34 heavy (non-hydrogen) atoms. The van der Waals surface area contributed by atoms with Crippen LogP contribution >= 0.6 is 7.14 Å². The predicted molar refractivity (Wildman–Crippen MR) is 138 cm³/mol. The Bertz CT molecular complexity index is 1330. The molecule has 5 rings (SSSR count). The molecule has 0 aliphatic heterocycles. The van der Waals surface area contributed by atoms with Crippen molar-refractivity contribution in [1.29, 1.82) is 0 Å².